The van der Waals surface area contributed by atoms with Gasteiger partial charge in [0.2, 0.25) is 0 Å². The molecule has 9 nitrogen and oxygen atoms in total. The van der Waals surface area contributed by atoms with E-state index in [0.29, 0.717) is 32.4 Å². The lowest BCUT2D eigenvalue weighted by Crippen LogP contribution is -2.56. The predicted molar refractivity (Wildman–Crippen MR) is 83.2 cm³/mol. The van der Waals surface area contributed by atoms with E-state index in [1.807, 2.05) is 6.92 Å². The summed E-state index contributed by atoms with van der Waals surface area (Å²) < 4.78 is 0. The van der Waals surface area contributed by atoms with Crippen LogP contribution in [-0.4, -0.2) is 51.6 Å². The van der Waals surface area contributed by atoms with Gasteiger partial charge in [-0.25, -0.2) is 9.89 Å². The molecule has 3 heterocycles. The van der Waals surface area contributed by atoms with Crippen LogP contribution in [-0.2, 0) is 4.79 Å². The fraction of sp³-hybridized carbons (Fsp3) is 0.533. The van der Waals surface area contributed by atoms with Crippen molar-refractivity contribution in [2.24, 2.45) is 5.92 Å². The smallest absolute Gasteiger partial charge is 0.322 e. The number of amides is 4. The molecule has 1 aromatic heterocycles. The van der Waals surface area contributed by atoms with Crippen molar-refractivity contribution in [3.05, 3.63) is 28.2 Å². The highest BCUT2D eigenvalue weighted by molar-refractivity contribution is 6.07. The maximum atomic E-state index is 12.4. The van der Waals surface area contributed by atoms with E-state index in [-0.39, 0.29) is 29.0 Å². The minimum Gasteiger partial charge on any atom is -0.337 e. The number of nitrogens with one attached hydrogen (secondary N) is 3. The van der Waals surface area contributed by atoms with Gasteiger partial charge >= 0.3 is 6.03 Å². The number of aromatic amines is 1. The number of hydrogen-bond acceptors (Lipinski definition) is 5. The van der Waals surface area contributed by atoms with Crippen LogP contribution >= 0.6 is 0 Å². The van der Waals surface area contributed by atoms with E-state index >= 15 is 0 Å². The van der Waals surface area contributed by atoms with Gasteiger partial charge in [0.15, 0.2) is 0 Å². The quantitative estimate of drug-likeness (QED) is 0.650. The normalized spacial score (nSPS) is 24.6. The Bertz CT molecular complexity index is 717. The molecule has 0 unspecified atom stereocenters. The summed E-state index contributed by atoms with van der Waals surface area (Å²) in [6.45, 7) is 2.80. The number of urea groups is 1. The summed E-state index contributed by atoms with van der Waals surface area (Å²) in [5.41, 5.74) is -1.06. The van der Waals surface area contributed by atoms with Crippen LogP contribution in [0.25, 0.3) is 0 Å². The van der Waals surface area contributed by atoms with Gasteiger partial charge in [-0.05, 0) is 31.2 Å². The summed E-state index contributed by atoms with van der Waals surface area (Å²) >= 11 is 0. The van der Waals surface area contributed by atoms with Gasteiger partial charge in [0.25, 0.3) is 17.4 Å². The topological polar surface area (TPSA) is 124 Å². The number of piperidine rings is 1. The van der Waals surface area contributed by atoms with Crippen LogP contribution in [0.4, 0.5) is 4.79 Å². The number of hydrogen-bond donors (Lipinski definition) is 3. The van der Waals surface area contributed by atoms with Gasteiger partial charge in [0, 0.05) is 19.2 Å². The summed E-state index contributed by atoms with van der Waals surface area (Å²) in [5, 5.41) is 11.1. The number of carbonyl (C=O) groups is 3. The first-order chi connectivity index (χ1) is 11.5. The number of rotatable bonds is 3. The zero-order valence-corrected chi connectivity index (χ0v) is 13.3. The number of H-pyrrole nitrogens is 1. The standard InChI is InChI=1S/C15H19N5O4/c1-2-15(13(23)16-14(24)17-15)9-5-7-20(8-6-9)12(22)10-3-4-11(21)19-18-10/h3-4,9H,2,5-8H2,1H3,(H,19,21)(H2,16,17,23,24)/t15-/m1/s1. The summed E-state index contributed by atoms with van der Waals surface area (Å²) in [6.07, 6.45) is 1.72. The molecule has 4 amide bonds. The van der Waals surface area contributed by atoms with Gasteiger partial charge in [0.1, 0.15) is 11.2 Å². The third-order valence-corrected chi connectivity index (χ3v) is 4.90. The molecule has 2 fully saturated rings. The van der Waals surface area contributed by atoms with E-state index in [1.54, 1.807) is 4.90 Å². The van der Waals surface area contributed by atoms with Crippen molar-refractivity contribution in [2.75, 3.05) is 13.1 Å². The zero-order chi connectivity index (χ0) is 17.3. The molecule has 0 radical (unpaired) electrons. The molecule has 0 bridgehead atoms. The second-order valence-electron chi connectivity index (χ2n) is 6.11. The van der Waals surface area contributed by atoms with Gasteiger partial charge in [-0.15, -0.1) is 0 Å². The Morgan fingerprint density at radius 1 is 1.29 bits per heavy atom. The molecule has 0 saturated carbocycles. The maximum Gasteiger partial charge on any atom is 0.322 e. The van der Waals surface area contributed by atoms with Crippen LogP contribution in [0.3, 0.4) is 0 Å². The molecule has 9 heteroatoms. The van der Waals surface area contributed by atoms with Crippen LogP contribution in [0, 0.1) is 5.92 Å². The summed E-state index contributed by atoms with van der Waals surface area (Å²) in [4.78, 5) is 48.8. The Labute approximate surface area is 137 Å². The highest BCUT2D eigenvalue weighted by Crippen LogP contribution is 2.33. The van der Waals surface area contributed by atoms with E-state index in [4.69, 9.17) is 0 Å². The van der Waals surface area contributed by atoms with Crippen LogP contribution in [0.15, 0.2) is 16.9 Å². The van der Waals surface area contributed by atoms with Crippen LogP contribution < -0.4 is 16.2 Å². The Hall–Kier alpha value is -2.71. The van der Waals surface area contributed by atoms with E-state index in [2.05, 4.69) is 20.8 Å². The molecule has 1 aromatic rings. The van der Waals surface area contributed by atoms with E-state index in [0.717, 1.165) is 0 Å². The van der Waals surface area contributed by atoms with E-state index < -0.39 is 11.6 Å². The molecule has 0 spiro atoms. The monoisotopic (exact) mass is 333 g/mol. The molecule has 2 aliphatic rings. The van der Waals surface area contributed by atoms with Crippen LogP contribution in [0.2, 0.25) is 0 Å². The van der Waals surface area contributed by atoms with Crippen molar-refractivity contribution in [1.29, 1.82) is 0 Å². The highest BCUT2D eigenvalue weighted by atomic mass is 16.2. The predicted octanol–water partition coefficient (Wildman–Crippen LogP) is -0.390. The van der Waals surface area contributed by atoms with Gasteiger partial charge in [-0.3, -0.25) is 19.7 Å². The Morgan fingerprint density at radius 3 is 2.50 bits per heavy atom. The SMILES string of the molecule is CC[C@]1(C2CCN(C(=O)c3ccc(=O)[nH]n3)CC2)NC(=O)NC1=O. The highest BCUT2D eigenvalue weighted by Gasteiger charge is 2.51. The number of aromatic nitrogens is 2. The second kappa shape index (κ2) is 6.06. The molecule has 3 rings (SSSR count). The second-order valence-corrected chi connectivity index (χ2v) is 6.11. The largest absolute Gasteiger partial charge is 0.337 e. The Morgan fingerprint density at radius 2 is 2.00 bits per heavy atom. The summed E-state index contributed by atoms with van der Waals surface area (Å²) in [7, 11) is 0. The zero-order valence-electron chi connectivity index (χ0n) is 13.3. The molecule has 2 aliphatic heterocycles. The van der Waals surface area contributed by atoms with Gasteiger partial charge < -0.3 is 10.2 Å². The average molecular weight is 333 g/mol. The molecule has 128 valence electrons. The van der Waals surface area contributed by atoms with Crippen molar-refractivity contribution >= 4 is 17.8 Å². The lowest BCUT2D eigenvalue weighted by molar-refractivity contribution is -0.126. The molecular weight excluding hydrogens is 314 g/mol. The maximum absolute atomic E-state index is 12.4. The lowest BCUT2D eigenvalue weighted by atomic mass is 9.76. The van der Waals surface area contributed by atoms with E-state index in [1.165, 1.54) is 12.1 Å². The lowest BCUT2D eigenvalue weighted by Gasteiger charge is -2.40. The van der Waals surface area contributed by atoms with E-state index in [9.17, 15) is 19.2 Å². The third-order valence-electron chi connectivity index (χ3n) is 4.90. The fourth-order valence-corrected chi connectivity index (χ4v) is 3.53. The van der Waals surface area contributed by atoms with Crippen molar-refractivity contribution in [1.82, 2.24) is 25.7 Å². The van der Waals surface area contributed by atoms with Gasteiger partial charge in [-0.2, -0.15) is 5.10 Å². The molecule has 24 heavy (non-hydrogen) atoms. The van der Waals surface area contributed by atoms with Crippen molar-refractivity contribution in [3.63, 3.8) is 0 Å². The molecule has 1 atom stereocenters. The Kier molecular flexibility index (Phi) is 4.08. The van der Waals surface area contributed by atoms with Gasteiger partial charge in [0.05, 0.1) is 0 Å². The molecular formula is C15H19N5O4. The first-order valence-corrected chi connectivity index (χ1v) is 7.95. The van der Waals surface area contributed by atoms with Gasteiger partial charge in [-0.1, -0.05) is 6.92 Å². The number of imide groups is 1. The van der Waals surface area contributed by atoms with Crippen LogP contribution in [0.5, 0.6) is 0 Å². The van der Waals surface area contributed by atoms with Crippen molar-refractivity contribution < 1.29 is 14.4 Å². The third kappa shape index (κ3) is 2.66. The minimum absolute atomic E-state index is 0.0264. The molecule has 2 saturated heterocycles. The number of nitrogens with zero attached hydrogens (tertiary/aromatic N) is 2. The Balaban J connectivity index is 1.68. The first kappa shape index (κ1) is 16.2. The summed E-state index contributed by atoms with van der Waals surface area (Å²) in [6, 6.07) is 2.20. The summed E-state index contributed by atoms with van der Waals surface area (Å²) in [5.74, 6) is -0.571. The molecule has 3 N–H and O–H groups in total. The van der Waals surface area contributed by atoms with Crippen molar-refractivity contribution in [3.8, 4) is 0 Å². The minimum atomic E-state index is -0.886. The number of carbonyl (C=O) groups excluding carboxylic acids is 3. The first-order valence-electron chi connectivity index (χ1n) is 7.95. The van der Waals surface area contributed by atoms with Crippen molar-refractivity contribution in [2.45, 2.75) is 31.7 Å². The molecule has 0 aliphatic carbocycles. The van der Waals surface area contributed by atoms with Crippen LogP contribution in [0.1, 0.15) is 36.7 Å². The average Bonchev–Trinajstić information content (AvgIpc) is 2.89. The molecule has 0 aromatic carbocycles. The number of likely N-dealkylation sites (tertiary alicyclic amines) is 1. The fourth-order valence-electron chi connectivity index (χ4n) is 3.53.